The molecule has 2 atom stereocenters. The van der Waals surface area contributed by atoms with E-state index < -0.39 is 12.2 Å². The number of rotatable bonds is 6. The number of ether oxygens (including phenoxy) is 1. The molecule has 30 heavy (non-hydrogen) atoms. The van der Waals surface area contributed by atoms with E-state index in [4.69, 9.17) is 4.74 Å². The van der Waals surface area contributed by atoms with Crippen molar-refractivity contribution in [3.63, 3.8) is 0 Å². The molecule has 0 spiro atoms. The number of hydrogen-bond donors (Lipinski definition) is 3. The summed E-state index contributed by atoms with van der Waals surface area (Å²) in [5.74, 6) is -0.750. The van der Waals surface area contributed by atoms with Crippen molar-refractivity contribution < 1.29 is 19.7 Å². The Hall–Kier alpha value is -2.09. The van der Waals surface area contributed by atoms with E-state index in [9.17, 15) is 15.0 Å². The van der Waals surface area contributed by atoms with Gasteiger partial charge in [0, 0.05) is 36.3 Å². The molecule has 6 nitrogen and oxygen atoms in total. The van der Waals surface area contributed by atoms with Gasteiger partial charge in [0.2, 0.25) is 0 Å². The molecule has 1 aromatic heterocycles. The van der Waals surface area contributed by atoms with E-state index in [1.807, 2.05) is 24.3 Å². The van der Waals surface area contributed by atoms with Crippen molar-refractivity contribution in [1.29, 1.82) is 0 Å². The van der Waals surface area contributed by atoms with Crippen LogP contribution in [0.4, 0.5) is 10.7 Å². The fraction of sp³-hybridized carbons (Fsp3) is 0.522. The zero-order chi connectivity index (χ0) is 21.6. The lowest BCUT2D eigenvalue weighted by Gasteiger charge is -2.40. The molecule has 1 aromatic carbocycles. The number of nitrogens with one attached hydrogen (secondary N) is 1. The summed E-state index contributed by atoms with van der Waals surface area (Å²) in [5, 5.41) is 24.3. The number of aromatic carboxylic acids is 1. The largest absolute Gasteiger partial charge is 0.478 e. The average Bonchev–Trinajstić information content (AvgIpc) is 2.98. The SMILES string of the molecule is COC1CN(c2ccc(C(O)Nc3sc4c(c3C(=O)O)C(C)CC(C)(C)C4)cc2)C1. The predicted molar refractivity (Wildman–Crippen MR) is 120 cm³/mol. The predicted octanol–water partition coefficient (Wildman–Crippen LogP) is 4.46. The highest BCUT2D eigenvalue weighted by atomic mass is 32.1. The van der Waals surface area contributed by atoms with Crippen LogP contribution in [0.15, 0.2) is 24.3 Å². The van der Waals surface area contributed by atoms with Gasteiger partial charge in [-0.3, -0.25) is 0 Å². The lowest BCUT2D eigenvalue weighted by atomic mass is 9.72. The van der Waals surface area contributed by atoms with Gasteiger partial charge in [-0.15, -0.1) is 11.3 Å². The van der Waals surface area contributed by atoms with Crippen molar-refractivity contribution in [1.82, 2.24) is 0 Å². The van der Waals surface area contributed by atoms with Crippen LogP contribution in [-0.2, 0) is 11.2 Å². The van der Waals surface area contributed by atoms with Crippen molar-refractivity contribution >= 4 is 28.0 Å². The first kappa shape index (κ1) is 21.2. The van der Waals surface area contributed by atoms with Gasteiger partial charge in [-0.05, 0) is 41.9 Å². The molecule has 0 amide bonds. The van der Waals surface area contributed by atoms with Crippen LogP contribution in [0.25, 0.3) is 0 Å². The molecule has 0 bridgehead atoms. The van der Waals surface area contributed by atoms with E-state index in [0.29, 0.717) is 16.1 Å². The smallest absolute Gasteiger partial charge is 0.339 e. The van der Waals surface area contributed by atoms with Crippen molar-refractivity contribution in [3.05, 3.63) is 45.8 Å². The molecule has 1 aliphatic heterocycles. The molecule has 1 saturated heterocycles. The second kappa shape index (κ2) is 7.87. The molecule has 4 rings (SSSR count). The molecular weight excluding hydrogens is 400 g/mol. The highest BCUT2D eigenvalue weighted by molar-refractivity contribution is 7.16. The van der Waals surface area contributed by atoms with E-state index in [-0.39, 0.29) is 17.4 Å². The molecule has 162 valence electrons. The van der Waals surface area contributed by atoms with Gasteiger partial charge in [0.15, 0.2) is 6.23 Å². The van der Waals surface area contributed by atoms with E-state index in [1.165, 1.54) is 11.3 Å². The molecule has 2 unspecified atom stereocenters. The fourth-order valence-corrected chi connectivity index (χ4v) is 6.36. The molecule has 2 heterocycles. The normalized spacial score (nSPS) is 21.6. The Bertz CT molecular complexity index is 931. The number of anilines is 2. The van der Waals surface area contributed by atoms with E-state index in [2.05, 4.69) is 31.0 Å². The van der Waals surface area contributed by atoms with Crippen LogP contribution in [0.3, 0.4) is 0 Å². The minimum atomic E-state index is -0.969. The Morgan fingerprint density at radius 3 is 2.57 bits per heavy atom. The van der Waals surface area contributed by atoms with Gasteiger partial charge in [0.1, 0.15) is 5.00 Å². The van der Waals surface area contributed by atoms with Crippen molar-refractivity contribution in [2.24, 2.45) is 5.41 Å². The van der Waals surface area contributed by atoms with E-state index in [0.717, 1.165) is 42.1 Å². The Morgan fingerprint density at radius 2 is 1.97 bits per heavy atom. The zero-order valence-electron chi connectivity index (χ0n) is 17.9. The molecule has 2 aromatic rings. The summed E-state index contributed by atoms with van der Waals surface area (Å²) in [6.07, 6.45) is 1.14. The third-order valence-electron chi connectivity index (χ3n) is 6.25. The minimum Gasteiger partial charge on any atom is -0.478 e. The molecular formula is C23H30N2O4S. The molecule has 0 radical (unpaired) electrons. The van der Waals surface area contributed by atoms with Crippen LogP contribution in [0.1, 0.15) is 65.7 Å². The van der Waals surface area contributed by atoms with Gasteiger partial charge in [0.05, 0.1) is 11.7 Å². The van der Waals surface area contributed by atoms with Crippen molar-refractivity contribution in [3.8, 4) is 0 Å². The lowest BCUT2D eigenvalue weighted by molar-refractivity contribution is 0.0695. The summed E-state index contributed by atoms with van der Waals surface area (Å²) in [5.41, 5.74) is 3.20. The number of hydrogen-bond acceptors (Lipinski definition) is 6. The average molecular weight is 431 g/mol. The van der Waals surface area contributed by atoms with Gasteiger partial charge in [-0.2, -0.15) is 0 Å². The van der Waals surface area contributed by atoms with Gasteiger partial charge in [-0.1, -0.05) is 32.9 Å². The van der Waals surface area contributed by atoms with Crippen molar-refractivity contribution in [2.45, 2.75) is 51.9 Å². The van der Waals surface area contributed by atoms with E-state index in [1.54, 1.807) is 7.11 Å². The molecule has 7 heteroatoms. The lowest BCUT2D eigenvalue weighted by Crippen LogP contribution is -2.51. The van der Waals surface area contributed by atoms with Crippen molar-refractivity contribution in [2.75, 3.05) is 30.4 Å². The summed E-state index contributed by atoms with van der Waals surface area (Å²) in [4.78, 5) is 15.4. The fourth-order valence-electron chi connectivity index (χ4n) is 4.77. The summed E-state index contributed by atoms with van der Waals surface area (Å²) in [6, 6.07) is 7.72. The quantitative estimate of drug-likeness (QED) is 0.587. The topological polar surface area (TPSA) is 82.0 Å². The van der Waals surface area contributed by atoms with Crippen LogP contribution in [0, 0.1) is 5.41 Å². The number of benzene rings is 1. The molecule has 0 saturated carbocycles. The molecule has 2 aliphatic rings. The number of aliphatic hydroxyl groups excluding tert-OH is 1. The molecule has 3 N–H and O–H groups in total. The third kappa shape index (κ3) is 3.94. The number of nitrogens with zero attached hydrogens (tertiary/aromatic N) is 1. The maximum atomic E-state index is 12.1. The van der Waals surface area contributed by atoms with Gasteiger partial charge in [0.25, 0.3) is 0 Å². The summed E-state index contributed by atoms with van der Waals surface area (Å²) in [7, 11) is 1.72. The number of fused-ring (bicyclic) bond motifs is 1. The Kier molecular flexibility index (Phi) is 5.55. The van der Waals surface area contributed by atoms with Gasteiger partial charge >= 0.3 is 5.97 Å². The maximum Gasteiger partial charge on any atom is 0.339 e. The van der Waals surface area contributed by atoms with Gasteiger partial charge in [-0.25, -0.2) is 4.79 Å². The first-order chi connectivity index (χ1) is 14.2. The zero-order valence-corrected chi connectivity index (χ0v) is 18.8. The number of carbonyl (C=O) groups is 1. The maximum absolute atomic E-state index is 12.1. The Balaban J connectivity index is 1.53. The monoisotopic (exact) mass is 430 g/mol. The number of methoxy groups -OCH3 is 1. The van der Waals surface area contributed by atoms with Crippen LogP contribution < -0.4 is 10.2 Å². The van der Waals surface area contributed by atoms with Crippen LogP contribution in [-0.4, -0.2) is 42.5 Å². The highest BCUT2D eigenvalue weighted by Crippen LogP contribution is 2.49. The molecule has 1 aliphatic carbocycles. The summed E-state index contributed by atoms with van der Waals surface area (Å²) >= 11 is 1.47. The number of carboxylic acid groups (broad SMARTS) is 1. The summed E-state index contributed by atoms with van der Waals surface area (Å²) in [6.45, 7) is 8.29. The first-order valence-corrected chi connectivity index (χ1v) is 11.2. The number of thiophene rings is 1. The number of carboxylic acids is 1. The van der Waals surface area contributed by atoms with Crippen LogP contribution in [0.5, 0.6) is 0 Å². The highest BCUT2D eigenvalue weighted by Gasteiger charge is 2.36. The second-order valence-corrected chi connectivity index (χ2v) is 10.4. The Labute approximate surface area is 181 Å². The standard InChI is InChI=1S/C23H30N2O4S/c1-13-9-23(2,3)10-17-18(13)19(22(27)28)21(30-17)24-20(26)14-5-7-15(8-6-14)25-11-16(12-25)29-4/h5-8,13,16,20,24,26H,9-12H2,1-4H3,(H,27,28). The first-order valence-electron chi connectivity index (χ1n) is 10.4. The van der Waals surface area contributed by atoms with Crippen LogP contribution in [0.2, 0.25) is 0 Å². The van der Waals surface area contributed by atoms with E-state index >= 15 is 0 Å². The Morgan fingerprint density at radius 1 is 1.30 bits per heavy atom. The second-order valence-electron chi connectivity index (χ2n) is 9.30. The van der Waals surface area contributed by atoms with Gasteiger partial charge < -0.3 is 25.2 Å². The minimum absolute atomic E-state index is 0.150. The summed E-state index contributed by atoms with van der Waals surface area (Å²) < 4.78 is 5.31. The van der Waals surface area contributed by atoms with Crippen LogP contribution >= 0.6 is 11.3 Å². The number of aliphatic hydroxyl groups is 1. The third-order valence-corrected chi connectivity index (χ3v) is 7.39. The molecule has 1 fully saturated rings.